The van der Waals surface area contributed by atoms with Gasteiger partial charge in [0, 0.05) is 37.0 Å². The number of benzene rings is 2. The molecule has 3 heterocycles. The number of hydrogen-bond acceptors (Lipinski definition) is 5. The van der Waals surface area contributed by atoms with Gasteiger partial charge in [-0.3, -0.25) is 19.8 Å². The van der Waals surface area contributed by atoms with E-state index in [2.05, 4.69) is 34.5 Å². The number of carbonyl (C=O) groups excluding carboxylic acids is 2. The molecule has 3 aromatic rings. The lowest BCUT2D eigenvalue weighted by Gasteiger charge is -2.26. The maximum absolute atomic E-state index is 12.4. The fourth-order valence-corrected chi connectivity index (χ4v) is 4.30. The van der Waals surface area contributed by atoms with Crippen LogP contribution in [0.15, 0.2) is 41.0 Å². The van der Waals surface area contributed by atoms with Gasteiger partial charge in [-0.25, -0.2) is 0 Å². The molecule has 6 nitrogen and oxygen atoms in total. The first-order valence-electron chi connectivity index (χ1n) is 9.75. The van der Waals surface area contributed by atoms with Gasteiger partial charge in [-0.2, -0.15) is 0 Å². The van der Waals surface area contributed by atoms with E-state index in [-0.39, 0.29) is 17.7 Å². The molecule has 0 bridgehead atoms. The Morgan fingerprint density at radius 2 is 1.96 bits per heavy atom. The molecule has 6 heteroatoms. The number of rotatable bonds is 3. The van der Waals surface area contributed by atoms with Crippen molar-refractivity contribution in [2.45, 2.75) is 25.3 Å². The zero-order valence-corrected chi connectivity index (χ0v) is 15.6. The molecule has 2 fully saturated rings. The van der Waals surface area contributed by atoms with Crippen LogP contribution in [0, 0.1) is 0 Å². The molecule has 28 heavy (non-hydrogen) atoms. The number of amides is 2. The van der Waals surface area contributed by atoms with Crippen LogP contribution in [0.4, 0.5) is 0 Å². The predicted octanol–water partition coefficient (Wildman–Crippen LogP) is 2.94. The first-order valence-corrected chi connectivity index (χ1v) is 9.75. The normalized spacial score (nSPS) is 21.4. The highest BCUT2D eigenvalue weighted by Crippen LogP contribution is 2.37. The van der Waals surface area contributed by atoms with Gasteiger partial charge in [-0.1, -0.05) is 18.2 Å². The second kappa shape index (κ2) is 7.04. The van der Waals surface area contributed by atoms with E-state index in [1.54, 1.807) is 6.26 Å². The Labute approximate surface area is 162 Å². The topological polar surface area (TPSA) is 71.8 Å². The van der Waals surface area contributed by atoms with Crippen molar-refractivity contribution < 1.29 is 18.7 Å². The van der Waals surface area contributed by atoms with Crippen molar-refractivity contribution in [2.24, 2.45) is 0 Å². The molecular formula is C22H22N2O4. The van der Waals surface area contributed by atoms with Crippen molar-refractivity contribution in [2.75, 3.05) is 26.3 Å². The smallest absolute Gasteiger partial charge is 0.234 e. The summed E-state index contributed by atoms with van der Waals surface area (Å²) in [5.41, 5.74) is 2.90. The highest BCUT2D eigenvalue weighted by atomic mass is 16.5. The molecule has 0 aliphatic carbocycles. The Hall–Kier alpha value is -2.70. The molecule has 2 aliphatic heterocycles. The molecule has 2 aromatic carbocycles. The van der Waals surface area contributed by atoms with E-state index in [1.807, 2.05) is 6.07 Å². The third-order valence-corrected chi connectivity index (χ3v) is 5.77. The standard InChI is InChI=1S/C22H22N2O4/c25-20-6-4-17(22(26)23-20)18-13-28-19-5-2-15-11-14(1-3-16(15)21(18)19)12-24-7-9-27-10-8-24/h1-3,5,11,13,17H,4,6-10,12H2,(H,23,25,26). The molecule has 5 rings (SSSR count). The molecule has 2 amide bonds. The fourth-order valence-electron chi connectivity index (χ4n) is 4.30. The first kappa shape index (κ1) is 17.4. The van der Waals surface area contributed by atoms with Crippen molar-refractivity contribution in [3.63, 3.8) is 0 Å². The van der Waals surface area contributed by atoms with Gasteiger partial charge in [-0.15, -0.1) is 0 Å². The van der Waals surface area contributed by atoms with E-state index in [4.69, 9.17) is 9.15 Å². The van der Waals surface area contributed by atoms with Crippen molar-refractivity contribution in [1.82, 2.24) is 10.2 Å². The van der Waals surface area contributed by atoms with E-state index in [1.165, 1.54) is 5.56 Å². The highest BCUT2D eigenvalue weighted by molar-refractivity contribution is 6.10. The van der Waals surface area contributed by atoms with Crippen LogP contribution in [0.3, 0.4) is 0 Å². The second-order valence-electron chi connectivity index (χ2n) is 7.58. The summed E-state index contributed by atoms with van der Waals surface area (Å²) in [5, 5.41) is 5.64. The van der Waals surface area contributed by atoms with Crippen molar-refractivity contribution in [1.29, 1.82) is 0 Å². The third kappa shape index (κ3) is 3.08. The maximum atomic E-state index is 12.4. The molecule has 1 atom stereocenters. The van der Waals surface area contributed by atoms with Crippen LogP contribution < -0.4 is 5.32 Å². The van der Waals surface area contributed by atoms with Crippen LogP contribution in [-0.2, 0) is 20.9 Å². The Kier molecular flexibility index (Phi) is 4.37. The fraction of sp³-hybridized carbons (Fsp3) is 0.364. The lowest BCUT2D eigenvalue weighted by Crippen LogP contribution is -2.39. The molecule has 2 aliphatic rings. The predicted molar refractivity (Wildman–Crippen MR) is 105 cm³/mol. The van der Waals surface area contributed by atoms with Crippen LogP contribution in [-0.4, -0.2) is 43.0 Å². The Balaban J connectivity index is 1.53. The number of nitrogens with one attached hydrogen (secondary N) is 1. The number of nitrogens with zero attached hydrogens (tertiary/aromatic N) is 1. The molecule has 144 valence electrons. The van der Waals surface area contributed by atoms with Gasteiger partial charge >= 0.3 is 0 Å². The average Bonchev–Trinajstić information content (AvgIpc) is 3.13. The monoisotopic (exact) mass is 378 g/mol. The molecule has 1 N–H and O–H groups in total. The van der Waals surface area contributed by atoms with E-state index in [0.29, 0.717) is 12.8 Å². The van der Waals surface area contributed by atoms with Crippen LogP contribution in [0.1, 0.15) is 29.9 Å². The number of morpholine rings is 1. The second-order valence-corrected chi connectivity index (χ2v) is 7.58. The summed E-state index contributed by atoms with van der Waals surface area (Å²) in [7, 11) is 0. The zero-order valence-electron chi connectivity index (χ0n) is 15.6. The largest absolute Gasteiger partial charge is 0.464 e. The van der Waals surface area contributed by atoms with Crippen molar-refractivity contribution in [3.05, 3.63) is 47.7 Å². The van der Waals surface area contributed by atoms with Crippen LogP contribution in [0.25, 0.3) is 21.7 Å². The van der Waals surface area contributed by atoms with Crippen LogP contribution in [0.2, 0.25) is 0 Å². The zero-order chi connectivity index (χ0) is 19.1. The molecule has 2 saturated heterocycles. The third-order valence-electron chi connectivity index (χ3n) is 5.77. The van der Waals surface area contributed by atoms with Crippen LogP contribution in [0.5, 0.6) is 0 Å². The maximum Gasteiger partial charge on any atom is 0.234 e. The average molecular weight is 378 g/mol. The van der Waals surface area contributed by atoms with E-state index in [9.17, 15) is 9.59 Å². The van der Waals surface area contributed by atoms with Gasteiger partial charge in [0.2, 0.25) is 11.8 Å². The summed E-state index contributed by atoms with van der Waals surface area (Å²) in [6, 6.07) is 10.5. The minimum Gasteiger partial charge on any atom is -0.464 e. The Morgan fingerprint density at radius 3 is 2.79 bits per heavy atom. The minimum atomic E-state index is -0.349. The van der Waals surface area contributed by atoms with Gasteiger partial charge in [0.1, 0.15) is 5.58 Å². The van der Waals surface area contributed by atoms with Gasteiger partial charge in [0.05, 0.1) is 25.4 Å². The quantitative estimate of drug-likeness (QED) is 0.710. The van der Waals surface area contributed by atoms with Crippen LogP contribution >= 0.6 is 0 Å². The summed E-state index contributed by atoms with van der Waals surface area (Å²) in [5.74, 6) is -0.788. The number of imide groups is 1. The number of fused-ring (bicyclic) bond motifs is 3. The van der Waals surface area contributed by atoms with Gasteiger partial charge in [0.25, 0.3) is 0 Å². The number of furan rings is 1. The summed E-state index contributed by atoms with van der Waals surface area (Å²) in [6.45, 7) is 4.40. The van der Waals surface area contributed by atoms with Gasteiger partial charge in [0.15, 0.2) is 0 Å². The number of carbonyl (C=O) groups is 2. The lowest BCUT2D eigenvalue weighted by atomic mass is 9.88. The molecule has 1 unspecified atom stereocenters. The SMILES string of the molecule is O=C1CCC(c2coc3ccc4cc(CN5CCOCC5)ccc4c23)C(=O)N1. The molecule has 1 aromatic heterocycles. The van der Waals surface area contributed by atoms with E-state index < -0.39 is 0 Å². The highest BCUT2D eigenvalue weighted by Gasteiger charge is 2.31. The van der Waals surface area contributed by atoms with Crippen molar-refractivity contribution in [3.8, 4) is 0 Å². The Bertz CT molecular complexity index is 1070. The number of ether oxygens (including phenoxy) is 1. The number of hydrogen-bond donors (Lipinski definition) is 1. The summed E-state index contributed by atoms with van der Waals surface area (Å²) < 4.78 is 11.2. The minimum absolute atomic E-state index is 0.202. The molecular weight excluding hydrogens is 356 g/mol. The molecule has 0 radical (unpaired) electrons. The van der Waals surface area contributed by atoms with Gasteiger partial charge in [-0.05, 0) is 34.9 Å². The first-order chi connectivity index (χ1) is 13.7. The Morgan fingerprint density at radius 1 is 1.11 bits per heavy atom. The van der Waals surface area contributed by atoms with Gasteiger partial charge < -0.3 is 9.15 Å². The van der Waals surface area contributed by atoms with E-state index >= 15 is 0 Å². The lowest BCUT2D eigenvalue weighted by molar-refractivity contribution is -0.134. The molecule has 0 spiro atoms. The van der Waals surface area contributed by atoms with Crippen molar-refractivity contribution >= 4 is 33.6 Å². The molecule has 0 saturated carbocycles. The summed E-state index contributed by atoms with van der Waals surface area (Å²) >= 11 is 0. The van der Waals surface area contributed by atoms with E-state index in [0.717, 1.165) is 60.2 Å². The summed E-state index contributed by atoms with van der Waals surface area (Å²) in [4.78, 5) is 26.3. The summed E-state index contributed by atoms with van der Waals surface area (Å²) in [6.07, 6.45) is 2.55. The number of piperidine rings is 1.